The maximum atomic E-state index is 8.91. The van der Waals surface area contributed by atoms with Crippen LogP contribution in [-0.2, 0) is 0 Å². The molecule has 0 spiro atoms. The van der Waals surface area contributed by atoms with Crippen LogP contribution in [-0.4, -0.2) is 6.54 Å². The molecular weight excluding hydrogens is 220 g/mol. The third-order valence-corrected chi connectivity index (χ3v) is 2.77. The minimum Gasteiger partial charge on any atom is -0.309 e. The van der Waals surface area contributed by atoms with Gasteiger partial charge in [-0.1, -0.05) is 23.7 Å². The maximum Gasteiger partial charge on any atom is 0.0697 e. The van der Waals surface area contributed by atoms with E-state index in [4.69, 9.17) is 16.9 Å². The maximum absolute atomic E-state index is 8.91. The Labute approximate surface area is 102 Å². The average Bonchev–Trinajstić information content (AvgIpc) is 2.27. The van der Waals surface area contributed by atoms with Gasteiger partial charge in [0.2, 0.25) is 0 Å². The van der Waals surface area contributed by atoms with Crippen LogP contribution in [0.25, 0.3) is 0 Å². The molecule has 0 aliphatic carbocycles. The molecule has 16 heavy (non-hydrogen) atoms. The van der Waals surface area contributed by atoms with E-state index in [1.807, 2.05) is 38.1 Å². The van der Waals surface area contributed by atoms with Gasteiger partial charge in [-0.2, -0.15) is 5.26 Å². The number of halogens is 1. The first-order valence-corrected chi connectivity index (χ1v) is 5.72. The standard InChI is InChI=1S/C13H17ClN2/c1-10(16-9-13(2,3)8-15)11-4-6-12(14)7-5-11/h4-7,10,16H,9H2,1-3H3. The topological polar surface area (TPSA) is 35.8 Å². The Morgan fingerprint density at radius 2 is 1.94 bits per heavy atom. The molecule has 1 unspecified atom stereocenters. The van der Waals surface area contributed by atoms with Gasteiger partial charge in [0, 0.05) is 17.6 Å². The third-order valence-electron chi connectivity index (χ3n) is 2.52. The predicted octanol–water partition coefficient (Wildman–Crippen LogP) is 3.54. The Balaban J connectivity index is 2.57. The van der Waals surface area contributed by atoms with Gasteiger partial charge < -0.3 is 5.32 Å². The molecule has 1 aromatic rings. The SMILES string of the molecule is CC(NCC(C)(C)C#N)c1ccc(Cl)cc1. The summed E-state index contributed by atoms with van der Waals surface area (Å²) in [7, 11) is 0. The van der Waals surface area contributed by atoms with E-state index in [1.54, 1.807) is 0 Å². The molecule has 0 fully saturated rings. The molecule has 0 saturated carbocycles. The number of hydrogen-bond acceptors (Lipinski definition) is 2. The summed E-state index contributed by atoms with van der Waals surface area (Å²) < 4.78 is 0. The zero-order valence-corrected chi connectivity index (χ0v) is 10.7. The van der Waals surface area contributed by atoms with Gasteiger partial charge in [0.15, 0.2) is 0 Å². The van der Waals surface area contributed by atoms with Gasteiger partial charge in [0.05, 0.1) is 11.5 Å². The lowest BCUT2D eigenvalue weighted by molar-refractivity contribution is 0.415. The highest BCUT2D eigenvalue weighted by Crippen LogP contribution is 2.18. The summed E-state index contributed by atoms with van der Waals surface area (Å²) in [5.41, 5.74) is 0.846. The van der Waals surface area contributed by atoms with Gasteiger partial charge in [-0.05, 0) is 38.5 Å². The van der Waals surface area contributed by atoms with Crippen LogP contribution in [0, 0.1) is 16.7 Å². The first kappa shape index (κ1) is 13.0. The Hall–Kier alpha value is -1.04. The van der Waals surface area contributed by atoms with Crippen LogP contribution in [0.4, 0.5) is 0 Å². The van der Waals surface area contributed by atoms with Gasteiger partial charge in [0.1, 0.15) is 0 Å². The molecule has 0 bridgehead atoms. The quantitative estimate of drug-likeness (QED) is 0.868. The molecule has 3 heteroatoms. The first-order chi connectivity index (χ1) is 7.44. The van der Waals surface area contributed by atoms with Crippen molar-refractivity contribution >= 4 is 11.6 Å². The molecule has 1 N–H and O–H groups in total. The molecule has 0 amide bonds. The minimum atomic E-state index is -0.333. The van der Waals surface area contributed by atoms with Crippen molar-refractivity contribution in [3.8, 4) is 6.07 Å². The fraction of sp³-hybridized carbons (Fsp3) is 0.462. The molecule has 0 aromatic heterocycles. The number of nitrogens with zero attached hydrogens (tertiary/aromatic N) is 1. The van der Waals surface area contributed by atoms with Gasteiger partial charge in [-0.25, -0.2) is 0 Å². The fourth-order valence-corrected chi connectivity index (χ4v) is 1.44. The Morgan fingerprint density at radius 1 is 1.38 bits per heavy atom. The Morgan fingerprint density at radius 3 is 2.44 bits per heavy atom. The highest BCUT2D eigenvalue weighted by atomic mass is 35.5. The monoisotopic (exact) mass is 236 g/mol. The van der Waals surface area contributed by atoms with Crippen molar-refractivity contribution in [3.05, 3.63) is 34.9 Å². The Bertz CT molecular complexity index is 376. The molecule has 0 radical (unpaired) electrons. The van der Waals surface area contributed by atoms with E-state index in [2.05, 4.69) is 18.3 Å². The van der Waals surface area contributed by atoms with Crippen molar-refractivity contribution in [1.82, 2.24) is 5.32 Å². The van der Waals surface area contributed by atoms with Crippen LogP contribution in [0.3, 0.4) is 0 Å². The summed E-state index contributed by atoms with van der Waals surface area (Å²) in [6.07, 6.45) is 0. The lowest BCUT2D eigenvalue weighted by Crippen LogP contribution is -2.30. The lowest BCUT2D eigenvalue weighted by atomic mass is 9.95. The van der Waals surface area contributed by atoms with Crippen molar-refractivity contribution in [1.29, 1.82) is 5.26 Å². The molecule has 0 aliphatic rings. The second kappa shape index (κ2) is 5.34. The van der Waals surface area contributed by atoms with E-state index >= 15 is 0 Å². The first-order valence-electron chi connectivity index (χ1n) is 5.35. The number of hydrogen-bond donors (Lipinski definition) is 1. The van der Waals surface area contributed by atoms with Crippen LogP contribution in [0.15, 0.2) is 24.3 Å². The third kappa shape index (κ3) is 3.84. The molecule has 0 aliphatic heterocycles. The molecule has 86 valence electrons. The predicted molar refractivity (Wildman–Crippen MR) is 67.3 cm³/mol. The largest absolute Gasteiger partial charge is 0.309 e. The fourth-order valence-electron chi connectivity index (χ4n) is 1.32. The van der Waals surface area contributed by atoms with E-state index in [0.717, 1.165) is 5.02 Å². The summed E-state index contributed by atoms with van der Waals surface area (Å²) in [5, 5.41) is 13.0. The zero-order chi connectivity index (χ0) is 12.2. The lowest BCUT2D eigenvalue weighted by Gasteiger charge is -2.20. The van der Waals surface area contributed by atoms with Crippen molar-refractivity contribution in [2.24, 2.45) is 5.41 Å². The van der Waals surface area contributed by atoms with E-state index in [-0.39, 0.29) is 11.5 Å². The van der Waals surface area contributed by atoms with Gasteiger partial charge in [0.25, 0.3) is 0 Å². The minimum absolute atomic E-state index is 0.227. The number of nitriles is 1. The average molecular weight is 237 g/mol. The van der Waals surface area contributed by atoms with Gasteiger partial charge in [-0.3, -0.25) is 0 Å². The number of nitrogens with one attached hydrogen (secondary N) is 1. The normalized spacial score (nSPS) is 13.2. The van der Waals surface area contributed by atoms with E-state index in [1.165, 1.54) is 5.56 Å². The van der Waals surface area contributed by atoms with Gasteiger partial charge >= 0.3 is 0 Å². The molecule has 0 saturated heterocycles. The summed E-state index contributed by atoms with van der Waals surface area (Å²) in [6.45, 7) is 6.60. The molecule has 1 rings (SSSR count). The van der Waals surface area contributed by atoms with E-state index < -0.39 is 0 Å². The van der Waals surface area contributed by atoms with Crippen LogP contribution < -0.4 is 5.32 Å². The highest BCUT2D eigenvalue weighted by Gasteiger charge is 2.17. The van der Waals surface area contributed by atoms with Crippen molar-refractivity contribution in [2.45, 2.75) is 26.8 Å². The second-order valence-electron chi connectivity index (χ2n) is 4.65. The van der Waals surface area contributed by atoms with E-state index in [0.29, 0.717) is 6.54 Å². The molecule has 1 aromatic carbocycles. The Kier molecular flexibility index (Phi) is 4.35. The molecule has 2 nitrogen and oxygen atoms in total. The summed E-state index contributed by atoms with van der Waals surface area (Å²) in [4.78, 5) is 0. The smallest absolute Gasteiger partial charge is 0.0697 e. The van der Waals surface area contributed by atoms with Crippen LogP contribution in [0.2, 0.25) is 5.02 Å². The summed E-state index contributed by atoms with van der Waals surface area (Å²) >= 11 is 5.82. The van der Waals surface area contributed by atoms with Crippen molar-refractivity contribution in [3.63, 3.8) is 0 Å². The van der Waals surface area contributed by atoms with Crippen LogP contribution >= 0.6 is 11.6 Å². The van der Waals surface area contributed by atoms with Crippen molar-refractivity contribution in [2.75, 3.05) is 6.54 Å². The zero-order valence-electron chi connectivity index (χ0n) is 9.92. The molecule has 0 heterocycles. The van der Waals surface area contributed by atoms with Crippen molar-refractivity contribution < 1.29 is 0 Å². The number of rotatable bonds is 4. The molecule has 1 atom stereocenters. The summed E-state index contributed by atoms with van der Waals surface area (Å²) in [6, 6.07) is 10.3. The molecular formula is C13H17ClN2. The van der Waals surface area contributed by atoms with Gasteiger partial charge in [-0.15, -0.1) is 0 Å². The second-order valence-corrected chi connectivity index (χ2v) is 5.09. The van der Waals surface area contributed by atoms with E-state index in [9.17, 15) is 0 Å². The van der Waals surface area contributed by atoms with Crippen LogP contribution in [0.1, 0.15) is 32.4 Å². The van der Waals surface area contributed by atoms with Crippen LogP contribution in [0.5, 0.6) is 0 Å². The number of benzene rings is 1. The highest BCUT2D eigenvalue weighted by molar-refractivity contribution is 6.30. The summed E-state index contributed by atoms with van der Waals surface area (Å²) in [5.74, 6) is 0.